The summed E-state index contributed by atoms with van der Waals surface area (Å²) in [6.07, 6.45) is 18.0. The first kappa shape index (κ1) is 26.3. The minimum Gasteiger partial charge on any atom is -0.478 e. The van der Waals surface area contributed by atoms with Crippen molar-refractivity contribution in [2.75, 3.05) is 13.2 Å². The fourth-order valence-electron chi connectivity index (χ4n) is 2.46. The molecule has 6 N–H and O–H groups in total. The summed E-state index contributed by atoms with van der Waals surface area (Å²) in [5, 5.41) is 16.8. The number of hydrogen-bond donors (Lipinski definition) is 4. The van der Waals surface area contributed by atoms with E-state index in [1.54, 1.807) is 6.08 Å². The summed E-state index contributed by atoms with van der Waals surface area (Å²) in [6, 6.07) is 0.232. The molecule has 1 unspecified atom stereocenters. The van der Waals surface area contributed by atoms with Gasteiger partial charge in [-0.15, -0.1) is 0 Å². The molecule has 1 atom stereocenters. The van der Waals surface area contributed by atoms with Crippen LogP contribution < -0.4 is 11.5 Å². The maximum absolute atomic E-state index is 10.1. The van der Waals surface area contributed by atoms with Crippen LogP contribution in [0.4, 0.5) is 0 Å². The number of aliphatic hydroxyl groups is 1. The summed E-state index contributed by atoms with van der Waals surface area (Å²) in [4.78, 5) is 10.1. The highest BCUT2D eigenvalue weighted by atomic mass is 16.4. The van der Waals surface area contributed by atoms with Crippen LogP contribution in [0, 0.1) is 0 Å². The average molecular weight is 359 g/mol. The molecule has 0 aliphatic rings. The van der Waals surface area contributed by atoms with Gasteiger partial charge in [-0.2, -0.15) is 0 Å². The summed E-state index contributed by atoms with van der Waals surface area (Å²) < 4.78 is 0. The monoisotopic (exact) mass is 358 g/mol. The topological polar surface area (TPSA) is 110 Å². The highest BCUT2D eigenvalue weighted by Crippen LogP contribution is 2.09. The highest BCUT2D eigenvalue weighted by Gasteiger charge is 1.99. The van der Waals surface area contributed by atoms with Gasteiger partial charge in [-0.05, 0) is 45.1 Å². The molecule has 0 aromatic rings. The minimum atomic E-state index is -0.838. The number of carbonyl (C=O) groups is 1. The first-order chi connectivity index (χ1) is 12.1. The Morgan fingerprint density at radius 2 is 1.52 bits per heavy atom. The quantitative estimate of drug-likeness (QED) is 0.246. The van der Waals surface area contributed by atoms with Crippen molar-refractivity contribution in [3.05, 3.63) is 12.2 Å². The lowest BCUT2D eigenvalue weighted by Gasteiger charge is -2.08. The van der Waals surface area contributed by atoms with Gasteiger partial charge in [0.05, 0.1) is 0 Å². The molecule has 0 aromatic carbocycles. The number of carboxylic acids is 1. The van der Waals surface area contributed by atoms with Crippen molar-refractivity contribution < 1.29 is 15.0 Å². The molecule has 0 fully saturated rings. The molecule has 0 amide bonds. The zero-order valence-electron chi connectivity index (χ0n) is 16.3. The number of aliphatic hydroxyl groups excluding tert-OH is 1. The van der Waals surface area contributed by atoms with E-state index in [4.69, 9.17) is 21.7 Å². The van der Waals surface area contributed by atoms with Crippen molar-refractivity contribution >= 4 is 5.97 Å². The molecule has 0 saturated carbocycles. The standard InChI is InChI=1S/C13H24O2.C7H18N2O/c1-2-3-4-5-6-7-8-9-10-11-12-13(14)15;8-5-1-3-7(9)4-2-6-10/h11-12H,2-10H2,1H3,(H,14,15);7,10H,1-6,8-9H2. The Labute approximate surface area is 154 Å². The van der Waals surface area contributed by atoms with Crippen molar-refractivity contribution in [3.8, 4) is 0 Å². The first-order valence-electron chi connectivity index (χ1n) is 10.0. The molecule has 0 heterocycles. The minimum absolute atomic E-state index is 0.232. The Hall–Kier alpha value is -0.910. The largest absolute Gasteiger partial charge is 0.478 e. The van der Waals surface area contributed by atoms with E-state index in [0.29, 0.717) is 6.54 Å². The van der Waals surface area contributed by atoms with E-state index < -0.39 is 5.97 Å². The normalized spacial score (nSPS) is 12.0. The lowest BCUT2D eigenvalue weighted by atomic mass is 10.1. The second kappa shape index (κ2) is 23.1. The highest BCUT2D eigenvalue weighted by molar-refractivity contribution is 5.79. The molecule has 0 rings (SSSR count). The van der Waals surface area contributed by atoms with Gasteiger partial charge in [-0.3, -0.25) is 0 Å². The number of aliphatic carboxylic acids is 1. The second-order valence-electron chi connectivity index (χ2n) is 6.56. The van der Waals surface area contributed by atoms with E-state index in [0.717, 1.165) is 38.5 Å². The van der Waals surface area contributed by atoms with Crippen LogP contribution in [0.15, 0.2) is 12.2 Å². The molecule has 5 nitrogen and oxygen atoms in total. The fourth-order valence-corrected chi connectivity index (χ4v) is 2.46. The summed E-state index contributed by atoms with van der Waals surface area (Å²) in [5.41, 5.74) is 11.0. The van der Waals surface area contributed by atoms with E-state index in [1.165, 1.54) is 51.0 Å². The van der Waals surface area contributed by atoms with Crippen molar-refractivity contribution in [2.45, 2.75) is 96.4 Å². The molecule has 0 saturated heterocycles. The van der Waals surface area contributed by atoms with E-state index >= 15 is 0 Å². The Balaban J connectivity index is 0. The lowest BCUT2D eigenvalue weighted by Crippen LogP contribution is -2.21. The molecule has 150 valence electrons. The maximum atomic E-state index is 10.1. The number of hydrogen-bond acceptors (Lipinski definition) is 4. The molecule has 0 spiro atoms. The lowest BCUT2D eigenvalue weighted by molar-refractivity contribution is -0.131. The van der Waals surface area contributed by atoms with Gasteiger partial charge in [-0.25, -0.2) is 4.79 Å². The van der Waals surface area contributed by atoms with Gasteiger partial charge < -0.3 is 21.7 Å². The Kier molecular flexibility index (Phi) is 24.3. The first-order valence-corrected chi connectivity index (χ1v) is 10.0. The SMILES string of the molecule is CCCCCCCCCCC=CC(=O)O.NCCCC(N)CCCO. The Morgan fingerprint density at radius 1 is 0.960 bits per heavy atom. The molecule has 0 radical (unpaired) electrons. The van der Waals surface area contributed by atoms with Crippen molar-refractivity contribution in [1.29, 1.82) is 0 Å². The third-order valence-corrected chi connectivity index (χ3v) is 4.00. The molecule has 0 aliphatic carbocycles. The van der Waals surface area contributed by atoms with Crippen LogP contribution in [0.1, 0.15) is 90.4 Å². The third kappa shape index (κ3) is 28.2. The zero-order valence-corrected chi connectivity index (χ0v) is 16.3. The van der Waals surface area contributed by atoms with Crippen molar-refractivity contribution in [2.24, 2.45) is 11.5 Å². The molecule has 0 bridgehead atoms. The van der Waals surface area contributed by atoms with E-state index in [2.05, 4.69) is 6.92 Å². The average Bonchev–Trinajstić information content (AvgIpc) is 2.60. The number of nitrogens with two attached hydrogens (primary N) is 2. The number of rotatable bonds is 16. The van der Waals surface area contributed by atoms with Crippen LogP contribution in [0.5, 0.6) is 0 Å². The number of carboxylic acid groups (broad SMARTS) is 1. The summed E-state index contributed by atoms with van der Waals surface area (Å²) >= 11 is 0. The molecular weight excluding hydrogens is 316 g/mol. The summed E-state index contributed by atoms with van der Waals surface area (Å²) in [7, 11) is 0. The van der Waals surface area contributed by atoms with Gasteiger partial charge in [0.2, 0.25) is 0 Å². The van der Waals surface area contributed by atoms with Gasteiger partial charge in [0.15, 0.2) is 0 Å². The smallest absolute Gasteiger partial charge is 0.327 e. The molecule has 25 heavy (non-hydrogen) atoms. The van der Waals surface area contributed by atoms with Crippen LogP contribution >= 0.6 is 0 Å². The van der Waals surface area contributed by atoms with Gasteiger partial charge >= 0.3 is 5.97 Å². The van der Waals surface area contributed by atoms with Crippen LogP contribution in [0.25, 0.3) is 0 Å². The number of allylic oxidation sites excluding steroid dienone is 1. The maximum Gasteiger partial charge on any atom is 0.327 e. The van der Waals surface area contributed by atoms with Crippen LogP contribution in [-0.4, -0.2) is 35.4 Å². The second-order valence-corrected chi connectivity index (χ2v) is 6.56. The van der Waals surface area contributed by atoms with Crippen molar-refractivity contribution in [1.82, 2.24) is 0 Å². The van der Waals surface area contributed by atoms with Crippen LogP contribution in [-0.2, 0) is 4.79 Å². The van der Waals surface area contributed by atoms with Gasteiger partial charge in [-0.1, -0.05) is 57.9 Å². The molecule has 0 aromatic heterocycles. The molecule has 5 heteroatoms. The van der Waals surface area contributed by atoms with E-state index in [9.17, 15) is 4.79 Å². The van der Waals surface area contributed by atoms with Gasteiger partial charge in [0.1, 0.15) is 0 Å². The third-order valence-electron chi connectivity index (χ3n) is 4.00. The Morgan fingerprint density at radius 3 is 2.04 bits per heavy atom. The molecular formula is C20H42N2O3. The zero-order chi connectivity index (χ0) is 19.2. The summed E-state index contributed by atoms with van der Waals surface area (Å²) in [6.45, 7) is 3.19. The van der Waals surface area contributed by atoms with E-state index in [-0.39, 0.29) is 12.6 Å². The molecule has 0 aliphatic heterocycles. The van der Waals surface area contributed by atoms with Gasteiger partial charge in [0.25, 0.3) is 0 Å². The van der Waals surface area contributed by atoms with Gasteiger partial charge in [0, 0.05) is 18.7 Å². The number of unbranched alkanes of at least 4 members (excludes halogenated alkanes) is 8. The van der Waals surface area contributed by atoms with Crippen LogP contribution in [0.3, 0.4) is 0 Å². The predicted octanol–water partition coefficient (Wildman–Crippen LogP) is 3.98. The van der Waals surface area contributed by atoms with Crippen LogP contribution in [0.2, 0.25) is 0 Å². The van der Waals surface area contributed by atoms with Crippen molar-refractivity contribution in [3.63, 3.8) is 0 Å². The summed E-state index contributed by atoms with van der Waals surface area (Å²) in [5.74, 6) is -0.838. The predicted molar refractivity (Wildman–Crippen MR) is 107 cm³/mol. The fraction of sp³-hybridized carbons (Fsp3) is 0.850. The Bertz CT molecular complexity index is 289. The van der Waals surface area contributed by atoms with E-state index in [1.807, 2.05) is 0 Å².